The summed E-state index contributed by atoms with van der Waals surface area (Å²) in [5.41, 5.74) is 1.76. The largest absolute Gasteiger partial charge is 0.459 e. The summed E-state index contributed by atoms with van der Waals surface area (Å²) in [6, 6.07) is 17.6. The minimum atomic E-state index is -0.999. The van der Waals surface area contributed by atoms with E-state index in [0.717, 1.165) is 11.1 Å². The number of ether oxygens (including phenoxy) is 1. The fourth-order valence-electron chi connectivity index (χ4n) is 1.83. The van der Waals surface area contributed by atoms with Crippen molar-refractivity contribution in [2.75, 3.05) is 0 Å². The van der Waals surface area contributed by atoms with Crippen molar-refractivity contribution in [3.8, 4) is 0 Å². The Bertz CT molecular complexity index is 554. The Morgan fingerprint density at radius 1 is 0.950 bits per heavy atom. The maximum absolute atomic E-state index is 11.8. The third-order valence-corrected chi connectivity index (χ3v) is 2.90. The van der Waals surface area contributed by atoms with Crippen LogP contribution >= 0.6 is 0 Å². The van der Waals surface area contributed by atoms with Crippen molar-refractivity contribution in [3.05, 3.63) is 76.7 Å². The van der Waals surface area contributed by atoms with E-state index in [1.807, 2.05) is 60.7 Å². The number of nitrogens with zero attached hydrogens (tertiary/aromatic N) is 1. The second-order valence-corrected chi connectivity index (χ2v) is 4.40. The number of carbonyl (C=O) groups is 1. The van der Waals surface area contributed by atoms with Gasteiger partial charge in [-0.25, -0.2) is 4.79 Å². The molecule has 2 rings (SSSR count). The lowest BCUT2D eigenvalue weighted by Crippen LogP contribution is -2.23. The molecule has 4 heteroatoms. The highest BCUT2D eigenvalue weighted by molar-refractivity contribution is 5.76. The standard InChI is InChI=1S/C16H15NO3/c18-16(20-12-14-9-5-2-6-10-14)15(17-19)11-13-7-3-1-4-8-13/h1-10,15H,11-12H2/t15-/m0/s1. The van der Waals surface area contributed by atoms with Gasteiger partial charge in [-0.1, -0.05) is 65.8 Å². The van der Waals surface area contributed by atoms with Crippen LogP contribution in [0.5, 0.6) is 0 Å². The minimum absolute atomic E-state index is 0.153. The van der Waals surface area contributed by atoms with Gasteiger partial charge in [0.15, 0.2) is 6.04 Å². The van der Waals surface area contributed by atoms with Crippen LogP contribution in [0.3, 0.4) is 0 Å². The van der Waals surface area contributed by atoms with Gasteiger partial charge in [-0.05, 0) is 11.1 Å². The molecule has 2 aromatic rings. The maximum Gasteiger partial charge on any atom is 0.335 e. The molecule has 0 radical (unpaired) electrons. The van der Waals surface area contributed by atoms with Crippen molar-refractivity contribution >= 4 is 5.97 Å². The van der Waals surface area contributed by atoms with Crippen LogP contribution in [-0.2, 0) is 22.6 Å². The lowest BCUT2D eigenvalue weighted by Gasteiger charge is -2.09. The summed E-state index contributed by atoms with van der Waals surface area (Å²) < 4.78 is 5.12. The topological polar surface area (TPSA) is 55.7 Å². The predicted octanol–water partition coefficient (Wildman–Crippen LogP) is 3.11. The van der Waals surface area contributed by atoms with Crippen molar-refractivity contribution in [3.63, 3.8) is 0 Å². The van der Waals surface area contributed by atoms with E-state index in [4.69, 9.17) is 4.74 Å². The molecule has 0 saturated heterocycles. The highest BCUT2D eigenvalue weighted by Crippen LogP contribution is 2.09. The number of esters is 1. The lowest BCUT2D eigenvalue weighted by atomic mass is 10.1. The third-order valence-electron chi connectivity index (χ3n) is 2.90. The first-order valence-corrected chi connectivity index (χ1v) is 6.36. The van der Waals surface area contributed by atoms with Crippen LogP contribution in [-0.4, -0.2) is 12.0 Å². The van der Waals surface area contributed by atoms with E-state index < -0.39 is 12.0 Å². The molecular formula is C16H15NO3. The molecule has 0 N–H and O–H groups in total. The molecule has 0 bridgehead atoms. The van der Waals surface area contributed by atoms with E-state index in [-0.39, 0.29) is 13.0 Å². The van der Waals surface area contributed by atoms with Crippen LogP contribution in [0, 0.1) is 4.91 Å². The summed E-state index contributed by atoms with van der Waals surface area (Å²) in [5.74, 6) is -0.590. The minimum Gasteiger partial charge on any atom is -0.459 e. The first-order valence-electron chi connectivity index (χ1n) is 6.36. The maximum atomic E-state index is 11.8. The summed E-state index contributed by atoms with van der Waals surface area (Å²) in [6.45, 7) is 0.153. The van der Waals surface area contributed by atoms with E-state index in [1.165, 1.54) is 0 Å². The fourth-order valence-corrected chi connectivity index (χ4v) is 1.83. The van der Waals surface area contributed by atoms with Crippen molar-refractivity contribution in [2.45, 2.75) is 19.1 Å². The van der Waals surface area contributed by atoms with Crippen molar-refractivity contribution in [1.29, 1.82) is 0 Å². The number of hydrogen-bond acceptors (Lipinski definition) is 4. The van der Waals surface area contributed by atoms with Crippen molar-refractivity contribution in [1.82, 2.24) is 0 Å². The molecule has 0 amide bonds. The Labute approximate surface area is 117 Å². The highest BCUT2D eigenvalue weighted by atomic mass is 16.5. The zero-order valence-corrected chi connectivity index (χ0v) is 10.9. The van der Waals surface area contributed by atoms with Crippen LogP contribution < -0.4 is 0 Å². The Balaban J connectivity index is 1.91. The number of benzene rings is 2. The van der Waals surface area contributed by atoms with Gasteiger partial charge in [-0.15, -0.1) is 4.91 Å². The Morgan fingerprint density at radius 2 is 1.50 bits per heavy atom. The Hall–Kier alpha value is -2.49. The molecule has 0 unspecified atom stereocenters. The Morgan fingerprint density at radius 3 is 2.05 bits per heavy atom. The molecule has 0 aromatic heterocycles. The zero-order valence-electron chi connectivity index (χ0n) is 10.9. The average Bonchev–Trinajstić information content (AvgIpc) is 2.52. The molecule has 0 saturated carbocycles. The summed E-state index contributed by atoms with van der Waals surface area (Å²) >= 11 is 0. The second kappa shape index (κ2) is 7.19. The quantitative estimate of drug-likeness (QED) is 0.598. The number of hydrogen-bond donors (Lipinski definition) is 0. The molecule has 0 heterocycles. The van der Waals surface area contributed by atoms with Gasteiger partial charge < -0.3 is 4.74 Å². The normalized spacial score (nSPS) is 11.6. The molecular weight excluding hydrogens is 254 g/mol. The third kappa shape index (κ3) is 4.02. The van der Waals surface area contributed by atoms with Gasteiger partial charge in [0.1, 0.15) is 6.61 Å². The zero-order chi connectivity index (χ0) is 14.2. The summed E-state index contributed by atoms with van der Waals surface area (Å²) in [6.07, 6.45) is 0.262. The fraction of sp³-hybridized carbons (Fsp3) is 0.188. The summed E-state index contributed by atoms with van der Waals surface area (Å²) in [4.78, 5) is 22.6. The number of rotatable bonds is 6. The van der Waals surface area contributed by atoms with Gasteiger partial charge >= 0.3 is 5.97 Å². The second-order valence-electron chi connectivity index (χ2n) is 4.40. The monoisotopic (exact) mass is 269 g/mol. The molecule has 4 nitrogen and oxygen atoms in total. The predicted molar refractivity (Wildman–Crippen MR) is 76.0 cm³/mol. The van der Waals surface area contributed by atoms with Crippen LogP contribution in [0.15, 0.2) is 65.8 Å². The number of carbonyl (C=O) groups excluding carboxylic acids is 1. The highest BCUT2D eigenvalue weighted by Gasteiger charge is 2.21. The van der Waals surface area contributed by atoms with Crippen LogP contribution in [0.25, 0.3) is 0 Å². The summed E-state index contributed by atoms with van der Waals surface area (Å²) in [7, 11) is 0. The van der Waals surface area contributed by atoms with Crippen LogP contribution in [0.2, 0.25) is 0 Å². The van der Waals surface area contributed by atoms with E-state index in [1.54, 1.807) is 0 Å². The van der Waals surface area contributed by atoms with E-state index in [9.17, 15) is 9.70 Å². The van der Waals surface area contributed by atoms with Gasteiger partial charge in [0.05, 0.1) is 0 Å². The molecule has 0 aliphatic heterocycles. The van der Waals surface area contributed by atoms with Gasteiger partial charge in [-0.2, -0.15) is 0 Å². The molecule has 1 atom stereocenters. The van der Waals surface area contributed by atoms with E-state index >= 15 is 0 Å². The van der Waals surface area contributed by atoms with Gasteiger partial charge in [0.25, 0.3) is 0 Å². The van der Waals surface area contributed by atoms with Gasteiger partial charge in [0.2, 0.25) is 0 Å². The van der Waals surface area contributed by atoms with E-state index in [0.29, 0.717) is 0 Å². The van der Waals surface area contributed by atoms with Crippen molar-refractivity contribution < 1.29 is 9.53 Å². The van der Waals surface area contributed by atoms with E-state index in [2.05, 4.69) is 5.18 Å². The van der Waals surface area contributed by atoms with Gasteiger partial charge in [0, 0.05) is 6.42 Å². The van der Waals surface area contributed by atoms with Crippen LogP contribution in [0.4, 0.5) is 0 Å². The first kappa shape index (κ1) is 13.9. The first-order chi connectivity index (χ1) is 9.79. The average molecular weight is 269 g/mol. The summed E-state index contributed by atoms with van der Waals surface area (Å²) in [5, 5.41) is 2.87. The number of nitroso groups, excluding NO2 is 1. The molecule has 0 fully saturated rings. The molecule has 2 aromatic carbocycles. The molecule has 20 heavy (non-hydrogen) atoms. The SMILES string of the molecule is O=N[C@@H](Cc1ccccc1)C(=O)OCc1ccccc1. The molecule has 102 valence electrons. The van der Waals surface area contributed by atoms with Crippen LogP contribution in [0.1, 0.15) is 11.1 Å². The lowest BCUT2D eigenvalue weighted by molar-refractivity contribution is -0.146. The van der Waals surface area contributed by atoms with Gasteiger partial charge in [-0.3, -0.25) is 0 Å². The van der Waals surface area contributed by atoms with Crippen molar-refractivity contribution in [2.24, 2.45) is 5.18 Å². The molecule has 0 spiro atoms. The molecule has 0 aliphatic carbocycles. The smallest absolute Gasteiger partial charge is 0.335 e. The molecule has 0 aliphatic rings. The Kier molecular flexibility index (Phi) is 5.00.